The summed E-state index contributed by atoms with van der Waals surface area (Å²) in [6.07, 6.45) is 4.05. The third kappa shape index (κ3) is 4.52. The normalized spacial score (nSPS) is 18.7. The van der Waals surface area contributed by atoms with Crippen LogP contribution in [-0.4, -0.2) is 58.0 Å². The number of anilines is 1. The van der Waals surface area contributed by atoms with E-state index in [-0.39, 0.29) is 22.9 Å². The summed E-state index contributed by atoms with van der Waals surface area (Å²) in [7, 11) is 0. The number of carbonyl (C=O) groups excluding carboxylic acids is 1. The maximum absolute atomic E-state index is 15.2. The molecular weight excluding hydrogens is 447 g/mol. The number of aromatic amines is 1. The highest BCUT2D eigenvalue weighted by molar-refractivity contribution is 5.93. The van der Waals surface area contributed by atoms with Gasteiger partial charge in [0.05, 0.1) is 16.9 Å². The zero-order chi connectivity index (χ0) is 24.1. The molecule has 3 heterocycles. The summed E-state index contributed by atoms with van der Waals surface area (Å²) in [6.45, 7) is 5.53. The van der Waals surface area contributed by atoms with Gasteiger partial charge in [-0.25, -0.2) is 14.4 Å². The van der Waals surface area contributed by atoms with Crippen LogP contribution in [-0.2, 0) is 6.54 Å². The van der Waals surface area contributed by atoms with Crippen molar-refractivity contribution in [3.8, 4) is 0 Å². The second-order valence-corrected chi connectivity index (χ2v) is 9.97. The van der Waals surface area contributed by atoms with Crippen LogP contribution in [0.5, 0.6) is 0 Å². The average molecular weight is 477 g/mol. The molecule has 0 spiro atoms. The van der Waals surface area contributed by atoms with Crippen molar-refractivity contribution in [1.29, 1.82) is 0 Å². The summed E-state index contributed by atoms with van der Waals surface area (Å²) in [6, 6.07) is 7.66. The lowest BCUT2D eigenvalue weighted by molar-refractivity contribution is 0.0946. The Hall–Kier alpha value is -3.33. The van der Waals surface area contributed by atoms with E-state index < -0.39 is 5.82 Å². The molecule has 3 aromatic rings. The van der Waals surface area contributed by atoms with Crippen LogP contribution in [0.2, 0.25) is 0 Å². The van der Waals surface area contributed by atoms with Gasteiger partial charge in [0.2, 0.25) is 0 Å². The van der Waals surface area contributed by atoms with Gasteiger partial charge in [0.15, 0.2) is 5.82 Å². The Kier molecular flexibility index (Phi) is 5.51. The molecule has 3 fully saturated rings. The molecule has 1 aliphatic heterocycles. The fourth-order valence-electron chi connectivity index (χ4n) is 4.82. The van der Waals surface area contributed by atoms with Gasteiger partial charge in [-0.15, -0.1) is 0 Å². The molecule has 9 heteroatoms. The molecule has 0 bridgehead atoms. The first kappa shape index (κ1) is 22.2. The second-order valence-electron chi connectivity index (χ2n) is 9.97. The Morgan fingerprint density at radius 2 is 1.86 bits per heavy atom. The third-order valence-corrected chi connectivity index (χ3v) is 7.19. The van der Waals surface area contributed by atoms with Crippen molar-refractivity contribution >= 4 is 22.6 Å². The fourth-order valence-corrected chi connectivity index (χ4v) is 4.82. The van der Waals surface area contributed by atoms with Gasteiger partial charge >= 0.3 is 0 Å². The van der Waals surface area contributed by atoms with Gasteiger partial charge in [-0.1, -0.05) is 6.07 Å². The molecule has 0 atom stereocenters. The number of nitrogens with zero attached hydrogens (tertiary/aromatic N) is 4. The topological polar surface area (TPSA) is 94.2 Å². The van der Waals surface area contributed by atoms with Crippen LogP contribution in [0.1, 0.15) is 59.0 Å². The zero-order valence-electron chi connectivity index (χ0n) is 19.8. The van der Waals surface area contributed by atoms with Gasteiger partial charge in [0.1, 0.15) is 16.9 Å². The number of benzene rings is 1. The molecule has 3 aliphatic rings. The summed E-state index contributed by atoms with van der Waals surface area (Å²) in [5.41, 5.74) is 3.85. The van der Waals surface area contributed by atoms with E-state index in [0.717, 1.165) is 63.2 Å². The third-order valence-electron chi connectivity index (χ3n) is 7.19. The van der Waals surface area contributed by atoms with E-state index in [4.69, 9.17) is 0 Å². The molecule has 8 nitrogen and oxygen atoms in total. The Morgan fingerprint density at radius 3 is 2.54 bits per heavy atom. The monoisotopic (exact) mass is 476 g/mol. The number of aryl methyl sites for hydroxylation is 1. The largest absolute Gasteiger partial charge is 0.368 e. The first-order valence-electron chi connectivity index (χ1n) is 12.4. The minimum Gasteiger partial charge on any atom is -0.368 e. The van der Waals surface area contributed by atoms with Crippen molar-refractivity contribution < 1.29 is 9.18 Å². The number of fused-ring (bicyclic) bond motifs is 1. The standard InChI is InChI=1S/C26H29FN6O2/c1-15-21(9-8-20(28-15)25(34)29-18-5-6-18)33-12-10-32(11-13-33)14-17-4-7-19-24(22(17)27)31-26(35)23(30-19)16-2-3-16/h4,7-9,16,18H,2-3,5-6,10-14H2,1H3,(H,29,34)(H,31,35). The van der Waals surface area contributed by atoms with Crippen LogP contribution < -0.4 is 15.8 Å². The number of H-pyrrole nitrogens is 1. The number of aromatic nitrogens is 3. The molecule has 182 valence electrons. The number of hydrogen-bond acceptors (Lipinski definition) is 6. The van der Waals surface area contributed by atoms with Gasteiger partial charge in [-0.2, -0.15) is 0 Å². The molecule has 2 aromatic heterocycles. The second kappa shape index (κ2) is 8.71. The molecule has 1 aromatic carbocycles. The molecule has 0 unspecified atom stereocenters. The lowest BCUT2D eigenvalue weighted by Gasteiger charge is -2.36. The maximum atomic E-state index is 15.2. The number of pyridine rings is 1. The van der Waals surface area contributed by atoms with E-state index in [1.54, 1.807) is 12.1 Å². The molecule has 35 heavy (non-hydrogen) atoms. The smallest absolute Gasteiger partial charge is 0.270 e. The van der Waals surface area contributed by atoms with Crippen molar-refractivity contribution in [2.75, 3.05) is 31.1 Å². The van der Waals surface area contributed by atoms with Crippen molar-refractivity contribution in [2.24, 2.45) is 0 Å². The SMILES string of the molecule is Cc1nc(C(=O)NC2CC2)ccc1N1CCN(Cc2ccc3nc(C4CC4)c(=O)[nH]c3c2F)CC1. The van der Waals surface area contributed by atoms with E-state index in [2.05, 4.69) is 30.1 Å². The fraction of sp³-hybridized carbons (Fsp3) is 0.462. The van der Waals surface area contributed by atoms with Gasteiger partial charge in [0, 0.05) is 50.2 Å². The van der Waals surface area contributed by atoms with E-state index in [1.165, 1.54) is 0 Å². The predicted molar refractivity (Wildman–Crippen MR) is 131 cm³/mol. The Morgan fingerprint density at radius 1 is 1.09 bits per heavy atom. The first-order chi connectivity index (χ1) is 17.0. The quantitative estimate of drug-likeness (QED) is 0.568. The summed E-state index contributed by atoms with van der Waals surface area (Å²) < 4.78 is 15.2. The minimum atomic E-state index is -0.392. The number of carbonyl (C=O) groups is 1. The van der Waals surface area contributed by atoms with Crippen molar-refractivity contribution in [3.05, 3.63) is 63.1 Å². The van der Waals surface area contributed by atoms with Crippen LogP contribution in [0.4, 0.5) is 10.1 Å². The van der Waals surface area contributed by atoms with Gasteiger partial charge in [-0.05, 0) is 50.8 Å². The molecule has 1 saturated heterocycles. The highest BCUT2D eigenvalue weighted by Crippen LogP contribution is 2.37. The molecule has 2 aliphatic carbocycles. The number of rotatable bonds is 6. The number of hydrogen-bond donors (Lipinski definition) is 2. The molecule has 1 amide bonds. The van der Waals surface area contributed by atoms with Crippen LogP contribution in [0.15, 0.2) is 29.1 Å². The molecule has 2 saturated carbocycles. The average Bonchev–Trinajstić information content (AvgIpc) is 3.77. The molecular formula is C26H29FN6O2. The number of halogens is 1. The van der Waals surface area contributed by atoms with E-state index in [9.17, 15) is 9.59 Å². The minimum absolute atomic E-state index is 0.107. The van der Waals surface area contributed by atoms with Crippen LogP contribution in [0, 0.1) is 12.7 Å². The van der Waals surface area contributed by atoms with Gasteiger partial charge in [0.25, 0.3) is 11.5 Å². The van der Waals surface area contributed by atoms with Gasteiger partial charge in [-0.3, -0.25) is 14.5 Å². The highest BCUT2D eigenvalue weighted by Gasteiger charge is 2.29. The Bertz CT molecular complexity index is 1360. The summed E-state index contributed by atoms with van der Waals surface area (Å²) in [5, 5.41) is 2.98. The summed E-state index contributed by atoms with van der Waals surface area (Å²) >= 11 is 0. The van der Waals surface area contributed by atoms with Crippen LogP contribution in [0.3, 0.4) is 0 Å². The van der Waals surface area contributed by atoms with E-state index in [0.29, 0.717) is 35.1 Å². The number of nitrogens with one attached hydrogen (secondary N) is 2. The lowest BCUT2D eigenvalue weighted by atomic mass is 10.1. The van der Waals surface area contributed by atoms with Gasteiger partial charge < -0.3 is 15.2 Å². The lowest BCUT2D eigenvalue weighted by Crippen LogP contribution is -2.46. The van der Waals surface area contributed by atoms with Crippen LogP contribution >= 0.6 is 0 Å². The highest BCUT2D eigenvalue weighted by atomic mass is 19.1. The summed E-state index contributed by atoms with van der Waals surface area (Å²) in [5.74, 6) is -0.279. The van der Waals surface area contributed by atoms with Crippen molar-refractivity contribution in [2.45, 2.75) is 51.1 Å². The molecule has 2 N–H and O–H groups in total. The van der Waals surface area contributed by atoms with Crippen molar-refractivity contribution in [1.82, 2.24) is 25.2 Å². The number of piperazine rings is 1. The Labute approximate surface area is 202 Å². The van der Waals surface area contributed by atoms with Crippen LogP contribution in [0.25, 0.3) is 11.0 Å². The Balaban J connectivity index is 1.11. The predicted octanol–water partition coefficient (Wildman–Crippen LogP) is 2.86. The van der Waals surface area contributed by atoms with Crippen molar-refractivity contribution in [3.63, 3.8) is 0 Å². The number of amides is 1. The maximum Gasteiger partial charge on any atom is 0.270 e. The molecule has 0 radical (unpaired) electrons. The van der Waals surface area contributed by atoms with E-state index >= 15 is 4.39 Å². The van der Waals surface area contributed by atoms with E-state index in [1.807, 2.05) is 19.1 Å². The first-order valence-corrected chi connectivity index (χ1v) is 12.4. The summed E-state index contributed by atoms with van der Waals surface area (Å²) in [4.78, 5) is 40.8. The zero-order valence-corrected chi connectivity index (χ0v) is 19.8. The molecule has 6 rings (SSSR count).